The van der Waals surface area contributed by atoms with Crippen molar-refractivity contribution in [2.45, 2.75) is 117 Å². The van der Waals surface area contributed by atoms with Gasteiger partial charge in [-0.3, -0.25) is 4.79 Å². The molecule has 1 heterocycles. The van der Waals surface area contributed by atoms with E-state index in [0.717, 1.165) is 24.1 Å². The summed E-state index contributed by atoms with van der Waals surface area (Å²) < 4.78 is 11.3. The molecule has 0 unspecified atom stereocenters. The van der Waals surface area contributed by atoms with Crippen molar-refractivity contribution in [3.05, 3.63) is 27.5 Å². The Hall–Kier alpha value is -2.14. The first-order valence-electron chi connectivity index (χ1n) is 15.0. The highest BCUT2D eigenvalue weighted by Gasteiger charge is 2.42. The third-order valence-electron chi connectivity index (χ3n) is 8.65. The topological polar surface area (TPSA) is 76.1 Å². The molecular weight excluding hydrogens is 522 g/mol. The van der Waals surface area contributed by atoms with E-state index < -0.39 is 11.6 Å². The number of hydrogen-bond donors (Lipinski definition) is 1. The summed E-state index contributed by atoms with van der Waals surface area (Å²) in [5.74, 6) is 6.13. The summed E-state index contributed by atoms with van der Waals surface area (Å²) in [5, 5.41) is 11.4. The van der Waals surface area contributed by atoms with E-state index in [1.165, 1.54) is 36.9 Å². The number of allylic oxidation sites excluding steroid dienone is 2. The second-order valence-corrected chi connectivity index (χ2v) is 14.3. The van der Waals surface area contributed by atoms with Crippen molar-refractivity contribution in [3.8, 4) is 11.8 Å². The number of rotatable bonds is 7. The van der Waals surface area contributed by atoms with E-state index in [9.17, 15) is 14.7 Å². The molecule has 3 aliphatic carbocycles. The van der Waals surface area contributed by atoms with Gasteiger partial charge in [0.25, 0.3) is 0 Å². The predicted molar refractivity (Wildman–Crippen MR) is 161 cm³/mol. The third kappa shape index (κ3) is 7.57. The largest absolute Gasteiger partial charge is 0.465 e. The van der Waals surface area contributed by atoms with Crippen LogP contribution < -0.4 is 4.90 Å². The van der Waals surface area contributed by atoms with Crippen molar-refractivity contribution in [1.29, 1.82) is 0 Å². The number of ether oxygens (including phenoxy) is 2. The molecule has 6 nitrogen and oxygen atoms in total. The number of anilines is 1. The van der Waals surface area contributed by atoms with Crippen LogP contribution in [0.15, 0.2) is 17.7 Å². The molecule has 0 saturated heterocycles. The summed E-state index contributed by atoms with van der Waals surface area (Å²) in [6, 6.07) is 1.77. The quantitative estimate of drug-likeness (QED) is 0.220. The number of aliphatic hydroxyl groups is 1. The molecule has 40 heavy (non-hydrogen) atoms. The van der Waals surface area contributed by atoms with Gasteiger partial charge in [-0.2, -0.15) is 0 Å². The molecule has 7 heteroatoms. The summed E-state index contributed by atoms with van der Waals surface area (Å²) in [5.41, 5.74) is 0.839. The van der Waals surface area contributed by atoms with Crippen LogP contribution in [0.1, 0.15) is 113 Å². The predicted octanol–water partition coefficient (Wildman–Crippen LogP) is 6.89. The third-order valence-corrected chi connectivity index (χ3v) is 9.67. The summed E-state index contributed by atoms with van der Waals surface area (Å²) in [6.45, 7) is 10.8. The highest BCUT2D eigenvalue weighted by atomic mass is 32.1. The lowest BCUT2D eigenvalue weighted by molar-refractivity contribution is -0.125. The molecule has 0 aromatic carbocycles. The number of carbonyl (C=O) groups excluding carboxylic acids is 2. The van der Waals surface area contributed by atoms with Crippen LogP contribution in [0.2, 0.25) is 0 Å². The van der Waals surface area contributed by atoms with Crippen molar-refractivity contribution < 1.29 is 24.2 Å². The van der Waals surface area contributed by atoms with Gasteiger partial charge in [0.15, 0.2) is 0 Å². The van der Waals surface area contributed by atoms with Crippen molar-refractivity contribution in [1.82, 2.24) is 0 Å². The van der Waals surface area contributed by atoms with E-state index in [0.29, 0.717) is 49.3 Å². The van der Waals surface area contributed by atoms with Gasteiger partial charge in [-0.25, -0.2) is 4.79 Å². The van der Waals surface area contributed by atoms with E-state index in [1.54, 1.807) is 0 Å². The summed E-state index contributed by atoms with van der Waals surface area (Å²) in [6.07, 6.45) is 11.0. The van der Waals surface area contributed by atoms with Crippen LogP contribution in [0.25, 0.3) is 0 Å². The minimum absolute atomic E-state index is 0.0483. The van der Waals surface area contributed by atoms with E-state index in [1.807, 2.05) is 31.7 Å². The minimum Gasteiger partial charge on any atom is -0.465 e. The Morgan fingerprint density at radius 2 is 1.85 bits per heavy atom. The molecule has 0 aliphatic heterocycles. The zero-order chi connectivity index (χ0) is 29.1. The molecule has 2 saturated carbocycles. The zero-order valence-electron chi connectivity index (χ0n) is 25.2. The smallest absolute Gasteiger partial charge is 0.350 e. The first-order valence-corrected chi connectivity index (χ1v) is 15.8. The number of amides is 1. The van der Waals surface area contributed by atoms with Crippen molar-refractivity contribution >= 4 is 28.9 Å². The van der Waals surface area contributed by atoms with Gasteiger partial charge in [0.2, 0.25) is 5.91 Å². The van der Waals surface area contributed by atoms with Crippen LogP contribution in [0.4, 0.5) is 5.69 Å². The Balaban J connectivity index is 1.64. The van der Waals surface area contributed by atoms with Crippen LogP contribution in [0.5, 0.6) is 0 Å². The van der Waals surface area contributed by atoms with Gasteiger partial charge < -0.3 is 19.5 Å². The Morgan fingerprint density at radius 3 is 2.45 bits per heavy atom. The normalized spacial score (nSPS) is 27.5. The van der Waals surface area contributed by atoms with E-state index in [4.69, 9.17) is 9.47 Å². The van der Waals surface area contributed by atoms with Crippen LogP contribution in [0.3, 0.4) is 0 Å². The Bertz CT molecular complexity index is 1150. The maximum Gasteiger partial charge on any atom is 0.350 e. The van der Waals surface area contributed by atoms with Crippen LogP contribution in [-0.2, 0) is 14.3 Å². The molecule has 1 N–H and O–H groups in total. The lowest BCUT2D eigenvalue weighted by Crippen LogP contribution is -2.51. The van der Waals surface area contributed by atoms with Gasteiger partial charge >= 0.3 is 5.97 Å². The molecule has 2 fully saturated rings. The first-order chi connectivity index (χ1) is 18.9. The number of nitrogens with zero attached hydrogens (tertiary/aromatic N) is 1. The number of methoxy groups -OCH3 is 1. The SMILES string of the molecule is COC(=O)c1sc(C#CC(C)(C)C)cc1N(C(=O)[C@H]1CC=C(C)C[C@@H]1C)[C@H]1CC[C@](O)(COC2CCCC2)CC1. The number of thiophene rings is 1. The van der Waals surface area contributed by atoms with Gasteiger partial charge in [0.1, 0.15) is 4.88 Å². The highest BCUT2D eigenvalue weighted by Crippen LogP contribution is 2.41. The zero-order valence-corrected chi connectivity index (χ0v) is 26.0. The molecule has 2 atom stereocenters. The lowest BCUT2D eigenvalue weighted by atomic mass is 9.78. The van der Waals surface area contributed by atoms with Gasteiger partial charge in [0.05, 0.1) is 36.0 Å². The summed E-state index contributed by atoms with van der Waals surface area (Å²) >= 11 is 1.29. The second-order valence-electron chi connectivity index (χ2n) is 13.3. The number of esters is 1. The molecule has 4 rings (SSSR count). The molecule has 1 aromatic heterocycles. The number of hydrogen-bond acceptors (Lipinski definition) is 6. The highest BCUT2D eigenvalue weighted by molar-refractivity contribution is 7.15. The van der Waals surface area contributed by atoms with Crippen LogP contribution >= 0.6 is 11.3 Å². The minimum atomic E-state index is -0.880. The van der Waals surface area contributed by atoms with Crippen molar-refractivity contribution in [2.75, 3.05) is 18.6 Å². The maximum absolute atomic E-state index is 14.4. The van der Waals surface area contributed by atoms with E-state index in [2.05, 4.69) is 31.8 Å². The van der Waals surface area contributed by atoms with Gasteiger partial charge in [0, 0.05) is 17.4 Å². The Labute approximate surface area is 244 Å². The molecule has 3 aliphatic rings. The van der Waals surface area contributed by atoms with E-state index >= 15 is 0 Å². The summed E-state index contributed by atoms with van der Waals surface area (Å²) in [7, 11) is 1.38. The fourth-order valence-electron chi connectivity index (χ4n) is 6.29. The monoisotopic (exact) mass is 569 g/mol. The lowest BCUT2D eigenvalue weighted by Gasteiger charge is -2.42. The fraction of sp³-hybridized carbons (Fsp3) is 0.697. The van der Waals surface area contributed by atoms with Crippen molar-refractivity contribution in [2.24, 2.45) is 17.3 Å². The molecule has 0 bridgehead atoms. The second kappa shape index (κ2) is 12.8. The van der Waals surface area contributed by atoms with Gasteiger partial charge in [-0.05, 0) is 91.0 Å². The van der Waals surface area contributed by atoms with Gasteiger partial charge in [-0.15, -0.1) is 11.3 Å². The Morgan fingerprint density at radius 1 is 1.18 bits per heavy atom. The van der Waals surface area contributed by atoms with Gasteiger partial charge in [-0.1, -0.05) is 43.3 Å². The maximum atomic E-state index is 14.4. The first kappa shape index (κ1) is 30.8. The Kier molecular flexibility index (Phi) is 9.86. The molecular formula is C33H47NO5S. The van der Waals surface area contributed by atoms with Crippen LogP contribution in [-0.4, -0.2) is 48.4 Å². The summed E-state index contributed by atoms with van der Waals surface area (Å²) in [4.78, 5) is 30.4. The molecule has 1 amide bonds. The molecule has 1 aromatic rings. The average Bonchev–Trinajstić information content (AvgIpc) is 3.57. The average molecular weight is 570 g/mol. The molecule has 0 spiro atoms. The standard InChI is InChI=1S/C33H47NO5S/c1-22-11-12-27(23(2)19-22)30(35)34(24-13-17-33(37,18-14-24)21-39-25-9-7-8-10-25)28-20-26(15-16-32(3,4)5)40-29(28)31(36)38-6/h11,20,23-25,27,37H,7-10,12-14,17-19,21H2,1-6H3/t23-,24-,27-,33+/m0/s1. The van der Waals surface area contributed by atoms with E-state index in [-0.39, 0.29) is 35.3 Å². The van der Waals surface area contributed by atoms with Crippen LogP contribution in [0, 0.1) is 29.1 Å². The molecule has 0 radical (unpaired) electrons. The number of carbonyl (C=O) groups is 2. The molecule has 220 valence electrons. The fourth-order valence-corrected chi connectivity index (χ4v) is 7.21. The van der Waals surface area contributed by atoms with Crippen molar-refractivity contribution in [3.63, 3.8) is 0 Å².